The monoisotopic (exact) mass is 289 g/mol. The molecule has 0 fully saturated rings. The lowest BCUT2D eigenvalue weighted by Gasteiger charge is -2.20. The van der Waals surface area contributed by atoms with E-state index in [-0.39, 0.29) is 10.8 Å². The topological polar surface area (TPSA) is 55.5 Å². The lowest BCUT2D eigenvalue weighted by molar-refractivity contribution is 0.132. The van der Waals surface area contributed by atoms with Gasteiger partial charge in [-0.1, -0.05) is 31.4 Å². The van der Waals surface area contributed by atoms with Crippen molar-refractivity contribution in [3.8, 4) is 5.75 Å². The fourth-order valence-corrected chi connectivity index (χ4v) is 2.14. The van der Waals surface area contributed by atoms with Crippen LogP contribution in [0.2, 0.25) is 5.02 Å². The maximum Gasteiger partial charge on any atom is 0.173 e. The largest absolute Gasteiger partial charge is 0.489 e. The Hall–Kier alpha value is -0.840. The van der Waals surface area contributed by atoms with Crippen LogP contribution in [-0.4, -0.2) is 17.8 Å². The van der Waals surface area contributed by atoms with Gasteiger partial charge in [0.2, 0.25) is 0 Å². The summed E-state index contributed by atoms with van der Waals surface area (Å²) in [5, 5.41) is 10.1. The zero-order valence-corrected chi connectivity index (χ0v) is 12.1. The first kappa shape index (κ1) is 16.2. The molecule has 2 atom stereocenters. The predicted octanol–water partition coefficient (Wildman–Crippen LogP) is 3.43. The average molecular weight is 290 g/mol. The van der Waals surface area contributed by atoms with Crippen LogP contribution in [0.5, 0.6) is 5.75 Å². The molecule has 0 aliphatic rings. The molecule has 0 saturated heterocycles. The molecule has 0 bridgehead atoms. The van der Waals surface area contributed by atoms with E-state index in [4.69, 9.17) is 22.1 Å². The van der Waals surface area contributed by atoms with Crippen LogP contribution in [0, 0.1) is 5.82 Å². The minimum absolute atomic E-state index is 0.0307. The van der Waals surface area contributed by atoms with Gasteiger partial charge in [0, 0.05) is 0 Å². The van der Waals surface area contributed by atoms with Crippen molar-refractivity contribution in [3.63, 3.8) is 0 Å². The molecular formula is C14H21ClFNO2. The van der Waals surface area contributed by atoms with Gasteiger partial charge >= 0.3 is 0 Å². The molecule has 19 heavy (non-hydrogen) atoms. The third-order valence-corrected chi connectivity index (χ3v) is 3.24. The Morgan fingerprint density at radius 2 is 2.11 bits per heavy atom. The molecule has 0 aliphatic carbocycles. The fraction of sp³-hybridized carbons (Fsp3) is 0.571. The summed E-state index contributed by atoms with van der Waals surface area (Å²) >= 11 is 5.96. The molecule has 1 aromatic carbocycles. The van der Waals surface area contributed by atoms with Crippen LogP contribution < -0.4 is 10.5 Å². The number of nitrogens with two attached hydrogens (primary N) is 1. The van der Waals surface area contributed by atoms with Crippen LogP contribution >= 0.6 is 11.6 Å². The molecule has 0 saturated carbocycles. The van der Waals surface area contributed by atoms with E-state index in [2.05, 4.69) is 0 Å². The highest BCUT2D eigenvalue weighted by Crippen LogP contribution is 2.32. The van der Waals surface area contributed by atoms with E-state index in [1.54, 1.807) is 13.0 Å². The third kappa shape index (κ3) is 4.34. The first-order valence-electron chi connectivity index (χ1n) is 6.56. The predicted molar refractivity (Wildman–Crippen MR) is 75.0 cm³/mol. The Morgan fingerprint density at radius 3 is 2.63 bits per heavy atom. The number of aliphatic hydroxyl groups excluding tert-OH is 1. The normalized spacial score (nSPS) is 14.2. The van der Waals surface area contributed by atoms with Gasteiger partial charge in [0.15, 0.2) is 11.6 Å². The van der Waals surface area contributed by atoms with Crippen LogP contribution in [-0.2, 0) is 0 Å². The number of aliphatic hydroxyl groups is 1. The van der Waals surface area contributed by atoms with Crippen molar-refractivity contribution in [3.05, 3.63) is 28.5 Å². The molecule has 0 heterocycles. The number of benzene rings is 1. The number of rotatable bonds is 7. The van der Waals surface area contributed by atoms with Gasteiger partial charge in [-0.3, -0.25) is 0 Å². The molecule has 0 aromatic heterocycles. The second-order valence-electron chi connectivity index (χ2n) is 4.48. The summed E-state index contributed by atoms with van der Waals surface area (Å²) in [4.78, 5) is 0. The zero-order chi connectivity index (χ0) is 14.4. The zero-order valence-electron chi connectivity index (χ0n) is 11.3. The molecule has 0 radical (unpaired) electrons. The fourth-order valence-electron chi connectivity index (χ4n) is 1.87. The first-order valence-corrected chi connectivity index (χ1v) is 6.94. The highest BCUT2D eigenvalue weighted by Gasteiger charge is 2.20. The van der Waals surface area contributed by atoms with Crippen molar-refractivity contribution >= 4 is 11.6 Å². The van der Waals surface area contributed by atoms with E-state index in [1.165, 1.54) is 6.07 Å². The van der Waals surface area contributed by atoms with Crippen molar-refractivity contribution in [2.75, 3.05) is 6.61 Å². The number of ether oxygens (including phenoxy) is 1. The van der Waals surface area contributed by atoms with Crippen molar-refractivity contribution in [2.45, 2.75) is 45.3 Å². The number of unbranched alkanes of at least 4 members (excludes halogenated alkanes) is 1. The Kier molecular flexibility index (Phi) is 6.55. The molecule has 1 rings (SSSR count). The summed E-state index contributed by atoms with van der Waals surface area (Å²) < 4.78 is 18.9. The second kappa shape index (κ2) is 7.68. The van der Waals surface area contributed by atoms with Gasteiger partial charge in [-0.25, -0.2) is 4.39 Å². The molecule has 0 amide bonds. The first-order chi connectivity index (χ1) is 9.01. The molecule has 108 valence electrons. The molecule has 3 nitrogen and oxygen atoms in total. The van der Waals surface area contributed by atoms with Crippen molar-refractivity contribution in [1.29, 1.82) is 0 Å². The average Bonchev–Trinajstić information content (AvgIpc) is 2.39. The van der Waals surface area contributed by atoms with Gasteiger partial charge in [-0.15, -0.1) is 0 Å². The summed E-state index contributed by atoms with van der Waals surface area (Å²) in [5.74, 6) is -0.523. The number of hydrogen-bond acceptors (Lipinski definition) is 3. The van der Waals surface area contributed by atoms with Crippen molar-refractivity contribution in [2.24, 2.45) is 5.73 Å². The van der Waals surface area contributed by atoms with E-state index < -0.39 is 18.0 Å². The summed E-state index contributed by atoms with van der Waals surface area (Å²) in [5.41, 5.74) is 6.41. The molecule has 3 N–H and O–H groups in total. The lowest BCUT2D eigenvalue weighted by atomic mass is 9.98. The summed E-state index contributed by atoms with van der Waals surface area (Å²) in [6.07, 6.45) is 1.74. The van der Waals surface area contributed by atoms with E-state index in [9.17, 15) is 9.50 Å². The third-order valence-electron chi connectivity index (χ3n) is 2.96. The molecule has 5 heteroatoms. The Bertz CT molecular complexity index is 391. The standard InChI is InChI=1S/C14H21ClFNO2/c1-3-5-6-12(18)13(17)9-7-10(15)14(19-4-2)11(16)8-9/h7-8,12-13,18H,3-6,17H2,1-2H3/t12-,13+/m1/s1. The van der Waals surface area contributed by atoms with Crippen LogP contribution in [0.25, 0.3) is 0 Å². The van der Waals surface area contributed by atoms with E-state index in [1.807, 2.05) is 6.92 Å². The van der Waals surface area contributed by atoms with Gasteiger partial charge in [0.25, 0.3) is 0 Å². The quantitative estimate of drug-likeness (QED) is 0.808. The minimum atomic E-state index is -0.701. The molecular weight excluding hydrogens is 269 g/mol. The smallest absolute Gasteiger partial charge is 0.173 e. The van der Waals surface area contributed by atoms with Crippen molar-refractivity contribution in [1.82, 2.24) is 0 Å². The number of halogens is 2. The maximum absolute atomic E-state index is 13.8. The van der Waals surface area contributed by atoms with E-state index >= 15 is 0 Å². The van der Waals surface area contributed by atoms with Gasteiger partial charge in [0.05, 0.1) is 23.8 Å². The summed E-state index contributed by atoms with van der Waals surface area (Å²) in [6.45, 7) is 4.12. The maximum atomic E-state index is 13.8. The van der Waals surface area contributed by atoms with Crippen molar-refractivity contribution < 1.29 is 14.2 Å². The molecule has 0 spiro atoms. The minimum Gasteiger partial charge on any atom is -0.489 e. The highest BCUT2D eigenvalue weighted by atomic mass is 35.5. The van der Waals surface area contributed by atoms with Gasteiger partial charge < -0.3 is 15.6 Å². The Morgan fingerprint density at radius 1 is 1.42 bits per heavy atom. The number of hydrogen-bond donors (Lipinski definition) is 2. The SMILES string of the molecule is CCCC[C@@H](O)[C@@H](N)c1cc(F)c(OCC)c(Cl)c1. The van der Waals surface area contributed by atoms with Crippen LogP contribution in [0.3, 0.4) is 0 Å². The van der Waals surface area contributed by atoms with E-state index in [0.29, 0.717) is 18.6 Å². The molecule has 0 aliphatic heterocycles. The Labute approximate surface area is 118 Å². The second-order valence-corrected chi connectivity index (χ2v) is 4.89. The summed E-state index contributed by atoms with van der Waals surface area (Å²) in [6, 6.07) is 2.18. The Balaban J connectivity index is 2.89. The highest BCUT2D eigenvalue weighted by molar-refractivity contribution is 6.32. The van der Waals surface area contributed by atoms with Crippen LogP contribution in [0.1, 0.15) is 44.7 Å². The van der Waals surface area contributed by atoms with Gasteiger partial charge in [0.1, 0.15) is 0 Å². The molecule has 1 aromatic rings. The van der Waals surface area contributed by atoms with Gasteiger partial charge in [-0.2, -0.15) is 0 Å². The molecule has 0 unspecified atom stereocenters. The van der Waals surface area contributed by atoms with E-state index in [0.717, 1.165) is 12.8 Å². The van der Waals surface area contributed by atoms with Crippen LogP contribution in [0.15, 0.2) is 12.1 Å². The summed E-state index contributed by atoms with van der Waals surface area (Å²) in [7, 11) is 0. The van der Waals surface area contributed by atoms with Crippen LogP contribution in [0.4, 0.5) is 4.39 Å². The van der Waals surface area contributed by atoms with Gasteiger partial charge in [-0.05, 0) is 31.0 Å². The lowest BCUT2D eigenvalue weighted by Crippen LogP contribution is -2.26.